The van der Waals surface area contributed by atoms with Crippen LogP contribution in [0.4, 0.5) is 0 Å². The van der Waals surface area contributed by atoms with Gasteiger partial charge in [-0.3, -0.25) is 23.9 Å². The van der Waals surface area contributed by atoms with Gasteiger partial charge >= 0.3 is 11.7 Å². The van der Waals surface area contributed by atoms with E-state index in [1.165, 1.54) is 13.1 Å². The number of rotatable bonds is 6. The van der Waals surface area contributed by atoms with Crippen molar-refractivity contribution in [1.82, 2.24) is 14.5 Å². The fourth-order valence-electron chi connectivity index (χ4n) is 2.31. The molecule has 0 spiro atoms. The average Bonchev–Trinajstić information content (AvgIpc) is 2.40. The maximum Gasteiger partial charge on any atom is 0.328 e. The molecule has 128 valence electrons. The van der Waals surface area contributed by atoms with Crippen LogP contribution in [0.25, 0.3) is 0 Å². The van der Waals surface area contributed by atoms with Gasteiger partial charge < -0.3 is 9.64 Å². The zero-order valence-electron chi connectivity index (χ0n) is 14.0. The lowest BCUT2D eigenvalue weighted by Gasteiger charge is -2.32. The number of esters is 1. The van der Waals surface area contributed by atoms with Crippen LogP contribution in [0, 0.1) is 0 Å². The van der Waals surface area contributed by atoms with Crippen molar-refractivity contribution in [2.24, 2.45) is 0 Å². The average molecular weight is 325 g/mol. The van der Waals surface area contributed by atoms with Crippen molar-refractivity contribution < 1.29 is 14.3 Å². The molecule has 0 aliphatic rings. The number of H-pyrrole nitrogens is 1. The first-order valence-corrected chi connectivity index (χ1v) is 7.45. The molecule has 1 aromatic heterocycles. The molecule has 0 saturated heterocycles. The van der Waals surface area contributed by atoms with Gasteiger partial charge in [0.2, 0.25) is 0 Å². The van der Waals surface area contributed by atoms with Crippen molar-refractivity contribution >= 4 is 11.9 Å². The Morgan fingerprint density at radius 1 is 1.17 bits per heavy atom. The number of nitrogens with one attached hydrogen (secondary N) is 1. The summed E-state index contributed by atoms with van der Waals surface area (Å²) in [4.78, 5) is 50.4. The number of carbonyl (C=O) groups excluding carboxylic acids is 2. The molecular formula is C15H23N3O5. The summed E-state index contributed by atoms with van der Waals surface area (Å²) in [5, 5.41) is 0. The minimum Gasteiger partial charge on any atom is -0.451 e. The van der Waals surface area contributed by atoms with Crippen LogP contribution in [0.2, 0.25) is 0 Å². The van der Waals surface area contributed by atoms with E-state index in [0.717, 1.165) is 10.6 Å². The second-order valence-corrected chi connectivity index (χ2v) is 5.80. The maximum atomic E-state index is 12.4. The van der Waals surface area contributed by atoms with Crippen molar-refractivity contribution in [3.63, 3.8) is 0 Å². The summed E-state index contributed by atoms with van der Waals surface area (Å²) in [6.45, 7) is 8.64. The first-order chi connectivity index (χ1) is 10.6. The van der Waals surface area contributed by atoms with Gasteiger partial charge in [-0.25, -0.2) is 4.79 Å². The SMILES string of the molecule is CC(C)N(C(=O)[C@@H](C)OC(=O)Cn1ccc(=O)[nH]c1=O)C(C)C. The minimum absolute atomic E-state index is 0.0227. The number of hydrogen-bond donors (Lipinski definition) is 1. The smallest absolute Gasteiger partial charge is 0.328 e. The lowest BCUT2D eigenvalue weighted by atomic mass is 10.2. The van der Waals surface area contributed by atoms with E-state index in [2.05, 4.69) is 0 Å². The van der Waals surface area contributed by atoms with Gasteiger partial charge in [0.1, 0.15) is 6.54 Å². The second-order valence-electron chi connectivity index (χ2n) is 5.80. The maximum absolute atomic E-state index is 12.4. The zero-order chi connectivity index (χ0) is 17.7. The Labute approximate surface area is 134 Å². The summed E-state index contributed by atoms with van der Waals surface area (Å²) >= 11 is 0. The molecule has 1 N–H and O–H groups in total. The van der Waals surface area contributed by atoms with Crippen LogP contribution in [0.3, 0.4) is 0 Å². The van der Waals surface area contributed by atoms with Gasteiger partial charge in [0.15, 0.2) is 6.10 Å². The van der Waals surface area contributed by atoms with Gasteiger partial charge in [-0.1, -0.05) is 0 Å². The van der Waals surface area contributed by atoms with E-state index >= 15 is 0 Å². The molecule has 0 aliphatic heterocycles. The molecule has 0 aliphatic carbocycles. The highest BCUT2D eigenvalue weighted by atomic mass is 16.5. The Balaban J connectivity index is 2.74. The lowest BCUT2D eigenvalue weighted by molar-refractivity contribution is -0.161. The molecule has 0 radical (unpaired) electrons. The Bertz CT molecular complexity index is 666. The number of hydrogen-bond acceptors (Lipinski definition) is 5. The van der Waals surface area contributed by atoms with Gasteiger partial charge in [0.05, 0.1) is 0 Å². The van der Waals surface area contributed by atoms with E-state index < -0.39 is 23.3 Å². The van der Waals surface area contributed by atoms with Gasteiger partial charge in [0, 0.05) is 24.3 Å². The van der Waals surface area contributed by atoms with E-state index in [-0.39, 0.29) is 24.5 Å². The highest BCUT2D eigenvalue weighted by molar-refractivity contribution is 5.83. The van der Waals surface area contributed by atoms with Gasteiger partial charge in [-0.15, -0.1) is 0 Å². The molecule has 1 amide bonds. The minimum atomic E-state index is -0.953. The molecule has 1 heterocycles. The number of aromatic nitrogens is 2. The number of ether oxygens (including phenoxy) is 1. The summed E-state index contributed by atoms with van der Waals surface area (Å²) in [6.07, 6.45) is 0.245. The molecule has 1 rings (SSSR count). The molecule has 1 atom stereocenters. The van der Waals surface area contributed by atoms with Crippen molar-refractivity contribution in [3.8, 4) is 0 Å². The van der Waals surface area contributed by atoms with Crippen LogP contribution in [-0.4, -0.2) is 44.5 Å². The summed E-state index contributed by atoms with van der Waals surface area (Å²) in [6, 6.07) is 1.08. The van der Waals surface area contributed by atoms with Crippen LogP contribution in [0.1, 0.15) is 34.6 Å². The Hall–Kier alpha value is -2.38. The van der Waals surface area contributed by atoms with E-state index in [9.17, 15) is 19.2 Å². The molecule has 0 fully saturated rings. The molecule has 0 unspecified atom stereocenters. The molecule has 23 heavy (non-hydrogen) atoms. The van der Waals surface area contributed by atoms with Gasteiger partial charge in [-0.05, 0) is 34.6 Å². The topological polar surface area (TPSA) is 101 Å². The summed E-state index contributed by atoms with van der Waals surface area (Å²) in [5.41, 5.74) is -1.26. The summed E-state index contributed by atoms with van der Waals surface area (Å²) in [5.74, 6) is -1.02. The molecular weight excluding hydrogens is 302 g/mol. The van der Waals surface area contributed by atoms with Crippen LogP contribution >= 0.6 is 0 Å². The fraction of sp³-hybridized carbons (Fsp3) is 0.600. The van der Waals surface area contributed by atoms with E-state index in [0.29, 0.717) is 0 Å². The fourth-order valence-corrected chi connectivity index (χ4v) is 2.31. The van der Waals surface area contributed by atoms with Crippen LogP contribution in [0.15, 0.2) is 21.9 Å². The van der Waals surface area contributed by atoms with Crippen LogP contribution in [0.5, 0.6) is 0 Å². The van der Waals surface area contributed by atoms with E-state index in [4.69, 9.17) is 4.74 Å². The molecule has 1 aromatic rings. The third-order valence-corrected chi connectivity index (χ3v) is 3.22. The molecule has 0 saturated carbocycles. The summed E-state index contributed by atoms with van der Waals surface area (Å²) < 4.78 is 6.10. The van der Waals surface area contributed by atoms with Crippen molar-refractivity contribution in [1.29, 1.82) is 0 Å². The largest absolute Gasteiger partial charge is 0.451 e. The number of nitrogens with zero attached hydrogens (tertiary/aromatic N) is 2. The highest BCUT2D eigenvalue weighted by Gasteiger charge is 2.27. The molecule has 0 bridgehead atoms. The number of carbonyl (C=O) groups is 2. The third kappa shape index (κ3) is 5.08. The third-order valence-electron chi connectivity index (χ3n) is 3.22. The first kappa shape index (κ1) is 18.7. The Morgan fingerprint density at radius 2 is 1.74 bits per heavy atom. The number of amides is 1. The summed E-state index contributed by atoms with van der Waals surface area (Å²) in [7, 11) is 0. The van der Waals surface area contributed by atoms with Gasteiger partial charge in [-0.2, -0.15) is 0 Å². The highest BCUT2D eigenvalue weighted by Crippen LogP contribution is 2.09. The normalized spacial score (nSPS) is 12.3. The first-order valence-electron chi connectivity index (χ1n) is 7.45. The van der Waals surface area contributed by atoms with Crippen LogP contribution in [-0.2, 0) is 20.9 Å². The monoisotopic (exact) mass is 325 g/mol. The van der Waals surface area contributed by atoms with E-state index in [1.807, 2.05) is 32.7 Å². The molecule has 0 aromatic carbocycles. The van der Waals surface area contributed by atoms with E-state index in [1.54, 1.807) is 4.90 Å². The van der Waals surface area contributed by atoms with Crippen molar-refractivity contribution in [2.75, 3.05) is 0 Å². The predicted molar refractivity (Wildman–Crippen MR) is 84.0 cm³/mol. The van der Waals surface area contributed by atoms with Gasteiger partial charge in [0.25, 0.3) is 11.5 Å². The predicted octanol–water partition coefficient (Wildman–Crippen LogP) is 0.114. The Kier molecular flexibility index (Phi) is 6.29. The molecule has 8 nitrogen and oxygen atoms in total. The number of aromatic amines is 1. The second kappa shape index (κ2) is 7.75. The standard InChI is InChI=1S/C15H23N3O5/c1-9(2)18(10(3)4)14(21)11(5)23-13(20)8-17-7-6-12(19)16-15(17)22/h6-7,9-11H,8H2,1-5H3,(H,16,19,22)/t11-/m1/s1. The quantitative estimate of drug-likeness (QED) is 0.748. The van der Waals surface area contributed by atoms with Crippen LogP contribution < -0.4 is 11.2 Å². The lowest BCUT2D eigenvalue weighted by Crippen LogP contribution is -2.47. The van der Waals surface area contributed by atoms with Crippen molar-refractivity contribution in [2.45, 2.75) is 59.4 Å². The zero-order valence-corrected chi connectivity index (χ0v) is 14.0. The Morgan fingerprint density at radius 3 is 2.22 bits per heavy atom. The molecule has 8 heteroatoms. The van der Waals surface area contributed by atoms with Crippen molar-refractivity contribution in [3.05, 3.63) is 33.1 Å².